The van der Waals surface area contributed by atoms with Crippen LogP contribution in [-0.4, -0.2) is 34.1 Å². The molecular weight excluding hydrogens is 416 g/mol. The molecule has 1 amide bonds. The van der Waals surface area contributed by atoms with Crippen molar-refractivity contribution in [2.24, 2.45) is 0 Å². The SMILES string of the molecule is CCCOc1ccc(C(C)NC(=O)c2ccc(S(=O)(=O)NCC)cc2)cc1OCCC. The third-order valence-corrected chi connectivity index (χ3v) is 6.06. The lowest BCUT2D eigenvalue weighted by Gasteiger charge is -2.18. The van der Waals surface area contributed by atoms with Crippen molar-refractivity contribution in [3.8, 4) is 11.5 Å². The standard InChI is InChI=1S/C23H32N2O5S/c1-5-14-29-21-13-10-19(16-22(21)30-15-6-2)17(4)25-23(26)18-8-11-20(12-9-18)31(27,28)24-7-3/h8-13,16-17,24H,5-7,14-15H2,1-4H3,(H,25,26). The third kappa shape index (κ3) is 6.97. The molecule has 0 aromatic heterocycles. The predicted molar refractivity (Wildman–Crippen MR) is 121 cm³/mol. The van der Waals surface area contributed by atoms with Crippen LogP contribution in [0.15, 0.2) is 47.4 Å². The highest BCUT2D eigenvalue weighted by Gasteiger charge is 2.17. The number of ether oxygens (including phenoxy) is 2. The van der Waals surface area contributed by atoms with E-state index in [1.54, 1.807) is 6.92 Å². The summed E-state index contributed by atoms with van der Waals surface area (Å²) in [5.74, 6) is 1.06. The van der Waals surface area contributed by atoms with E-state index in [1.165, 1.54) is 24.3 Å². The van der Waals surface area contributed by atoms with Crippen LogP contribution in [0.2, 0.25) is 0 Å². The first-order chi connectivity index (χ1) is 14.8. The Kier molecular flexibility index (Phi) is 9.33. The molecule has 1 atom stereocenters. The highest BCUT2D eigenvalue weighted by atomic mass is 32.2. The molecule has 0 saturated carbocycles. The van der Waals surface area contributed by atoms with Gasteiger partial charge in [-0.2, -0.15) is 0 Å². The summed E-state index contributed by atoms with van der Waals surface area (Å²) in [6.07, 6.45) is 1.78. The van der Waals surface area contributed by atoms with Crippen molar-refractivity contribution >= 4 is 15.9 Å². The van der Waals surface area contributed by atoms with Crippen LogP contribution in [0.4, 0.5) is 0 Å². The van der Waals surface area contributed by atoms with E-state index in [9.17, 15) is 13.2 Å². The van der Waals surface area contributed by atoms with Gasteiger partial charge in [0.05, 0.1) is 24.2 Å². The first-order valence-electron chi connectivity index (χ1n) is 10.6. The van der Waals surface area contributed by atoms with Gasteiger partial charge in [-0.05, 0) is 61.7 Å². The summed E-state index contributed by atoms with van der Waals surface area (Å²) in [5, 5.41) is 2.94. The second kappa shape index (κ2) is 11.7. The Hall–Kier alpha value is -2.58. The second-order valence-electron chi connectivity index (χ2n) is 7.12. The molecule has 7 nitrogen and oxygen atoms in total. The van der Waals surface area contributed by atoms with Crippen LogP contribution < -0.4 is 19.5 Å². The fraction of sp³-hybridized carbons (Fsp3) is 0.435. The van der Waals surface area contributed by atoms with Gasteiger partial charge in [0.25, 0.3) is 5.91 Å². The molecule has 0 aliphatic rings. The Bertz CT molecular complexity index is 958. The molecule has 0 spiro atoms. The number of carbonyl (C=O) groups excluding carboxylic acids is 1. The van der Waals surface area contributed by atoms with Crippen molar-refractivity contribution < 1.29 is 22.7 Å². The number of amides is 1. The molecule has 0 aliphatic carbocycles. The minimum atomic E-state index is -3.55. The highest BCUT2D eigenvalue weighted by Crippen LogP contribution is 2.31. The number of hydrogen-bond donors (Lipinski definition) is 2. The van der Waals surface area contributed by atoms with E-state index < -0.39 is 10.0 Å². The summed E-state index contributed by atoms with van der Waals surface area (Å²) in [6, 6.07) is 11.2. The van der Waals surface area contributed by atoms with Gasteiger partial charge in [-0.1, -0.05) is 26.8 Å². The lowest BCUT2D eigenvalue weighted by Crippen LogP contribution is -2.27. The van der Waals surface area contributed by atoms with E-state index >= 15 is 0 Å². The molecule has 2 N–H and O–H groups in total. The number of sulfonamides is 1. The number of nitrogens with one attached hydrogen (secondary N) is 2. The van der Waals surface area contributed by atoms with E-state index in [0.29, 0.717) is 36.8 Å². The van der Waals surface area contributed by atoms with Gasteiger partial charge in [-0.3, -0.25) is 4.79 Å². The maximum Gasteiger partial charge on any atom is 0.251 e. The first-order valence-corrected chi connectivity index (χ1v) is 12.1. The molecular formula is C23H32N2O5S. The summed E-state index contributed by atoms with van der Waals surface area (Å²) in [6.45, 7) is 9.15. The molecule has 0 saturated heterocycles. The highest BCUT2D eigenvalue weighted by molar-refractivity contribution is 7.89. The van der Waals surface area contributed by atoms with Crippen LogP contribution >= 0.6 is 0 Å². The molecule has 0 fully saturated rings. The predicted octanol–water partition coefficient (Wildman–Crippen LogP) is 4.05. The Morgan fingerprint density at radius 1 is 0.935 bits per heavy atom. The van der Waals surface area contributed by atoms with Crippen LogP contribution in [0.3, 0.4) is 0 Å². The van der Waals surface area contributed by atoms with E-state index in [-0.39, 0.29) is 16.8 Å². The quantitative estimate of drug-likeness (QED) is 0.511. The zero-order valence-electron chi connectivity index (χ0n) is 18.6. The molecule has 2 aromatic rings. The van der Waals surface area contributed by atoms with Crippen molar-refractivity contribution in [1.29, 1.82) is 0 Å². The molecule has 8 heteroatoms. The fourth-order valence-electron chi connectivity index (χ4n) is 2.87. The summed E-state index contributed by atoms with van der Waals surface area (Å²) in [4.78, 5) is 12.8. The van der Waals surface area contributed by atoms with E-state index in [4.69, 9.17) is 9.47 Å². The van der Waals surface area contributed by atoms with Crippen LogP contribution in [0.25, 0.3) is 0 Å². The fourth-order valence-corrected chi connectivity index (χ4v) is 3.91. The number of carbonyl (C=O) groups is 1. The van der Waals surface area contributed by atoms with Crippen molar-refractivity contribution in [2.75, 3.05) is 19.8 Å². The monoisotopic (exact) mass is 448 g/mol. The van der Waals surface area contributed by atoms with Gasteiger partial charge < -0.3 is 14.8 Å². The average molecular weight is 449 g/mol. The van der Waals surface area contributed by atoms with E-state index in [2.05, 4.69) is 10.0 Å². The van der Waals surface area contributed by atoms with Crippen molar-refractivity contribution in [3.05, 3.63) is 53.6 Å². The topological polar surface area (TPSA) is 93.7 Å². The van der Waals surface area contributed by atoms with Crippen molar-refractivity contribution in [1.82, 2.24) is 10.0 Å². The Morgan fingerprint density at radius 2 is 1.55 bits per heavy atom. The lowest BCUT2D eigenvalue weighted by atomic mass is 10.1. The Balaban J connectivity index is 2.12. The summed E-state index contributed by atoms with van der Waals surface area (Å²) < 4.78 is 38.1. The average Bonchev–Trinajstić information content (AvgIpc) is 2.76. The van der Waals surface area contributed by atoms with Crippen molar-refractivity contribution in [2.45, 2.75) is 51.5 Å². The third-order valence-electron chi connectivity index (χ3n) is 4.50. The summed E-state index contributed by atoms with van der Waals surface area (Å²) >= 11 is 0. The normalized spacial score (nSPS) is 12.3. The number of rotatable bonds is 12. The van der Waals surface area contributed by atoms with Gasteiger partial charge in [0.1, 0.15) is 0 Å². The van der Waals surface area contributed by atoms with Crippen LogP contribution in [0.5, 0.6) is 11.5 Å². The zero-order valence-corrected chi connectivity index (χ0v) is 19.4. The summed E-state index contributed by atoms with van der Waals surface area (Å²) in [5.41, 5.74) is 1.27. The molecule has 0 aliphatic heterocycles. The zero-order chi connectivity index (χ0) is 22.9. The van der Waals surface area contributed by atoms with E-state index in [0.717, 1.165) is 18.4 Å². The molecule has 1 unspecified atom stereocenters. The number of benzene rings is 2. The maximum absolute atomic E-state index is 12.6. The smallest absolute Gasteiger partial charge is 0.251 e. The van der Waals surface area contributed by atoms with Gasteiger partial charge >= 0.3 is 0 Å². The van der Waals surface area contributed by atoms with Gasteiger partial charge in [0, 0.05) is 12.1 Å². The van der Waals surface area contributed by atoms with Crippen LogP contribution in [0, 0.1) is 0 Å². The minimum Gasteiger partial charge on any atom is -0.490 e. The van der Waals surface area contributed by atoms with Gasteiger partial charge in [0.15, 0.2) is 11.5 Å². The Morgan fingerprint density at radius 3 is 2.13 bits per heavy atom. The van der Waals surface area contributed by atoms with Crippen molar-refractivity contribution in [3.63, 3.8) is 0 Å². The molecule has 31 heavy (non-hydrogen) atoms. The summed E-state index contributed by atoms with van der Waals surface area (Å²) in [7, 11) is -3.55. The molecule has 2 aromatic carbocycles. The lowest BCUT2D eigenvalue weighted by molar-refractivity contribution is 0.0939. The first kappa shape index (κ1) is 24.7. The number of hydrogen-bond acceptors (Lipinski definition) is 5. The van der Waals surface area contributed by atoms with Gasteiger partial charge in [-0.15, -0.1) is 0 Å². The van der Waals surface area contributed by atoms with Gasteiger partial charge in [0.2, 0.25) is 10.0 Å². The Labute approximate surface area is 185 Å². The van der Waals surface area contributed by atoms with E-state index in [1.807, 2.05) is 39.0 Å². The van der Waals surface area contributed by atoms with Gasteiger partial charge in [-0.25, -0.2) is 13.1 Å². The molecule has 0 radical (unpaired) electrons. The minimum absolute atomic E-state index is 0.124. The molecule has 0 heterocycles. The molecule has 0 bridgehead atoms. The second-order valence-corrected chi connectivity index (χ2v) is 8.89. The van der Waals surface area contributed by atoms with Crippen LogP contribution in [-0.2, 0) is 10.0 Å². The van der Waals surface area contributed by atoms with Crippen LogP contribution in [0.1, 0.15) is 62.5 Å². The maximum atomic E-state index is 12.6. The molecule has 2 rings (SSSR count). The molecule has 170 valence electrons. The largest absolute Gasteiger partial charge is 0.490 e.